The SMILES string of the molecule is [O-][Cl+2]([O-])OOOOO. The molecule has 7 nitrogen and oxygen atoms in total. The van der Waals surface area contributed by atoms with E-state index in [4.69, 9.17) is 5.26 Å². The van der Waals surface area contributed by atoms with Crippen LogP contribution in [-0.2, 0) is 19.6 Å². The summed E-state index contributed by atoms with van der Waals surface area (Å²) in [6.07, 6.45) is 0. The molecule has 0 saturated heterocycles. The molecule has 50 valence electrons. The number of hydrogen-bond donors (Lipinski definition) is 1. The fourth-order valence-corrected chi connectivity index (χ4v) is 0.107. The smallest absolute Gasteiger partial charge is 0.318 e. The van der Waals surface area contributed by atoms with E-state index in [1.54, 1.807) is 0 Å². The van der Waals surface area contributed by atoms with E-state index >= 15 is 0 Å². The molecule has 0 aromatic heterocycles. The summed E-state index contributed by atoms with van der Waals surface area (Å²) >= 11 is 0. The van der Waals surface area contributed by atoms with Gasteiger partial charge in [-0.05, 0) is 5.04 Å². The molecule has 0 saturated carbocycles. The molecule has 0 radical (unpaired) electrons. The van der Waals surface area contributed by atoms with Gasteiger partial charge in [0.05, 0.1) is 5.04 Å². The summed E-state index contributed by atoms with van der Waals surface area (Å²) in [5.41, 5.74) is 0. The summed E-state index contributed by atoms with van der Waals surface area (Å²) in [6.45, 7) is 0. The lowest BCUT2D eigenvalue weighted by molar-refractivity contribution is -1.65. The van der Waals surface area contributed by atoms with E-state index in [0.717, 1.165) is 0 Å². The zero-order valence-corrected chi connectivity index (χ0v) is 4.03. The molecule has 8 heteroatoms. The maximum atomic E-state index is 9.27. The molecule has 0 fully saturated rings. The molecular formula is HClO7. The molecule has 0 aliphatic heterocycles. The first-order chi connectivity index (χ1) is 3.77. The van der Waals surface area contributed by atoms with Gasteiger partial charge in [0.25, 0.3) is 0 Å². The lowest BCUT2D eigenvalue weighted by Gasteiger charge is -1.87. The van der Waals surface area contributed by atoms with Crippen molar-refractivity contribution in [3.8, 4) is 0 Å². The van der Waals surface area contributed by atoms with E-state index in [1.165, 1.54) is 0 Å². The summed E-state index contributed by atoms with van der Waals surface area (Å²) in [6, 6.07) is 0. The van der Waals surface area contributed by atoms with E-state index in [9.17, 15) is 9.32 Å². The van der Waals surface area contributed by atoms with Gasteiger partial charge in [-0.15, -0.1) is 0 Å². The summed E-state index contributed by atoms with van der Waals surface area (Å²) in [5.74, 6) is 0. The summed E-state index contributed by atoms with van der Waals surface area (Å²) in [4.78, 5) is 0. The highest BCUT2D eigenvalue weighted by atomic mass is 35.6. The Hall–Kier alpha value is 0.01000. The van der Waals surface area contributed by atoms with Crippen molar-refractivity contribution in [2.45, 2.75) is 0 Å². The Labute approximate surface area is 46.1 Å². The lowest BCUT2D eigenvalue weighted by atomic mass is 14.3. The van der Waals surface area contributed by atoms with Crippen molar-refractivity contribution in [3.63, 3.8) is 0 Å². The first-order valence-electron chi connectivity index (χ1n) is 1.15. The maximum Gasteiger partial charge on any atom is 0.332 e. The molecule has 0 spiro atoms. The predicted molar refractivity (Wildman–Crippen MR) is 6.97 cm³/mol. The maximum absolute atomic E-state index is 9.27. The molecule has 0 aliphatic rings. The van der Waals surface area contributed by atoms with Crippen LogP contribution in [0.5, 0.6) is 0 Å². The summed E-state index contributed by atoms with van der Waals surface area (Å²) in [7, 11) is -2.56. The highest BCUT2D eigenvalue weighted by Crippen LogP contribution is 1.81. The van der Waals surface area contributed by atoms with Crippen LogP contribution in [0.4, 0.5) is 0 Å². The molecule has 0 rings (SSSR count). The van der Waals surface area contributed by atoms with Crippen LogP contribution >= 0.6 is 0 Å². The lowest BCUT2D eigenvalue weighted by Crippen LogP contribution is -2.34. The third-order valence-corrected chi connectivity index (χ3v) is 0.290. The topological polar surface area (TPSA) is 103 Å². The van der Waals surface area contributed by atoms with Crippen molar-refractivity contribution in [3.05, 3.63) is 0 Å². The van der Waals surface area contributed by atoms with Crippen molar-refractivity contribution in [2.75, 3.05) is 0 Å². The second-order valence-corrected chi connectivity index (χ2v) is 0.967. The first kappa shape index (κ1) is 8.01. The molecular weight excluding hydrogens is 147 g/mol. The van der Waals surface area contributed by atoms with Crippen LogP contribution in [0, 0.1) is 10.8 Å². The normalized spacial score (nSPS) is 10.5. The Morgan fingerprint density at radius 2 is 1.88 bits per heavy atom. The van der Waals surface area contributed by atoms with Gasteiger partial charge < -0.3 is 9.32 Å². The minimum Gasteiger partial charge on any atom is -0.318 e. The molecule has 0 atom stereocenters. The Kier molecular flexibility index (Phi) is 5.16. The van der Waals surface area contributed by atoms with Crippen LogP contribution in [0.2, 0.25) is 0 Å². The van der Waals surface area contributed by atoms with Crippen LogP contribution in [0.1, 0.15) is 0 Å². The second kappa shape index (κ2) is 5.15. The fraction of sp³-hybridized carbons (Fsp3) is 0. The number of rotatable bonds is 4. The van der Waals surface area contributed by atoms with Crippen molar-refractivity contribution < 1.29 is 44.9 Å². The minimum absolute atomic E-state index is 2.56. The molecule has 1 N–H and O–H groups in total. The zero-order chi connectivity index (χ0) is 6.41. The zero-order valence-electron chi connectivity index (χ0n) is 3.27. The minimum atomic E-state index is -2.56. The van der Waals surface area contributed by atoms with Crippen molar-refractivity contribution >= 4 is 0 Å². The first-order valence-corrected chi connectivity index (χ1v) is 2.07. The highest BCUT2D eigenvalue weighted by Gasteiger charge is 2.08. The van der Waals surface area contributed by atoms with Crippen molar-refractivity contribution in [1.82, 2.24) is 0 Å². The average molecular weight is 148 g/mol. The van der Waals surface area contributed by atoms with Crippen molar-refractivity contribution in [2.24, 2.45) is 0 Å². The third kappa shape index (κ3) is 6.01. The number of halogens is 1. The van der Waals surface area contributed by atoms with Gasteiger partial charge >= 0.3 is 10.8 Å². The van der Waals surface area contributed by atoms with E-state index in [2.05, 4.69) is 19.6 Å². The number of hydrogen-bond acceptors (Lipinski definition) is 7. The van der Waals surface area contributed by atoms with Gasteiger partial charge in [-0.1, -0.05) is 0 Å². The van der Waals surface area contributed by atoms with Crippen LogP contribution in [-0.4, -0.2) is 5.26 Å². The summed E-state index contributed by atoms with van der Waals surface area (Å²) in [5, 5.41) is 16.2. The average Bonchev–Trinajstić information content (AvgIpc) is 1.66. The van der Waals surface area contributed by atoms with Gasteiger partial charge in [0, 0.05) is 5.04 Å². The largest absolute Gasteiger partial charge is 0.332 e. The van der Waals surface area contributed by atoms with E-state index < -0.39 is 10.8 Å². The van der Waals surface area contributed by atoms with Crippen LogP contribution < -0.4 is 9.32 Å². The molecule has 0 amide bonds. The van der Waals surface area contributed by atoms with Gasteiger partial charge in [0.1, 0.15) is 0 Å². The van der Waals surface area contributed by atoms with Crippen LogP contribution in [0.15, 0.2) is 0 Å². The van der Waals surface area contributed by atoms with E-state index in [1.807, 2.05) is 0 Å². The molecule has 0 aromatic rings. The fourth-order valence-electron chi connectivity index (χ4n) is 0.0439. The van der Waals surface area contributed by atoms with E-state index in [0.29, 0.717) is 0 Å². The molecule has 0 aliphatic carbocycles. The Morgan fingerprint density at radius 1 is 1.25 bits per heavy atom. The Balaban J connectivity index is 2.72. The van der Waals surface area contributed by atoms with Gasteiger partial charge in [0.15, 0.2) is 0 Å². The predicted octanol–water partition coefficient (Wildman–Crippen LogP) is -2.64. The molecule has 0 aromatic carbocycles. The van der Waals surface area contributed by atoms with Gasteiger partial charge in [0.2, 0.25) is 4.44 Å². The highest BCUT2D eigenvalue weighted by molar-refractivity contribution is 2.86. The molecule has 0 bridgehead atoms. The van der Waals surface area contributed by atoms with Gasteiger partial charge in [-0.2, -0.15) is 0 Å². The molecule has 0 heterocycles. The Bertz CT molecular complexity index is 41.7. The summed E-state index contributed by atoms with van der Waals surface area (Å²) < 4.78 is 21.7. The third-order valence-electron chi connectivity index (χ3n) is 0.135. The van der Waals surface area contributed by atoms with Crippen LogP contribution in [0.3, 0.4) is 0 Å². The molecule has 0 unspecified atom stereocenters. The van der Waals surface area contributed by atoms with Gasteiger partial charge in [-0.3, -0.25) is 0 Å². The van der Waals surface area contributed by atoms with E-state index in [-0.39, 0.29) is 0 Å². The van der Waals surface area contributed by atoms with Crippen LogP contribution in [0.25, 0.3) is 0 Å². The van der Waals surface area contributed by atoms with Gasteiger partial charge in [-0.25, -0.2) is 5.26 Å². The second-order valence-electron chi connectivity index (χ2n) is 0.463. The monoisotopic (exact) mass is 148 g/mol. The standard InChI is InChI=1S/ClHO7/c2-1(3)5-7-8-6-4/h4H. The molecule has 8 heavy (non-hydrogen) atoms. The quantitative estimate of drug-likeness (QED) is 0.264. The Morgan fingerprint density at radius 3 is 2.25 bits per heavy atom. The van der Waals surface area contributed by atoms with Crippen molar-refractivity contribution in [1.29, 1.82) is 0 Å².